The summed E-state index contributed by atoms with van der Waals surface area (Å²) >= 11 is 1.40. The van der Waals surface area contributed by atoms with Crippen molar-refractivity contribution in [2.24, 2.45) is 0 Å². The summed E-state index contributed by atoms with van der Waals surface area (Å²) in [5, 5.41) is 15.9. The second kappa shape index (κ2) is 9.01. The molecule has 6 nitrogen and oxygen atoms in total. The third kappa shape index (κ3) is 4.42. The standard InChI is InChI=1S/C21H23N5OS/c27-19(15-28-21-23-24-25-26(21)18-13-7-8-14-18)22-20(16-9-3-1-4-10-16)17-11-5-2-6-12-17/h1-6,9-12,18,20H,7-8,13-15H2,(H,22,27). The van der Waals surface area contributed by atoms with Crippen molar-refractivity contribution in [1.29, 1.82) is 0 Å². The van der Waals surface area contributed by atoms with Gasteiger partial charge in [-0.1, -0.05) is 85.3 Å². The van der Waals surface area contributed by atoms with Crippen LogP contribution in [-0.2, 0) is 4.79 Å². The van der Waals surface area contributed by atoms with Crippen LogP contribution in [0, 0.1) is 0 Å². The van der Waals surface area contributed by atoms with E-state index in [1.807, 2.05) is 65.3 Å². The van der Waals surface area contributed by atoms with Crippen molar-refractivity contribution in [2.45, 2.75) is 42.9 Å². The van der Waals surface area contributed by atoms with Crippen LogP contribution in [0.4, 0.5) is 0 Å². The normalized spacial score (nSPS) is 14.5. The molecular weight excluding hydrogens is 370 g/mol. The van der Waals surface area contributed by atoms with Crippen LogP contribution in [0.5, 0.6) is 0 Å². The van der Waals surface area contributed by atoms with E-state index in [2.05, 4.69) is 20.8 Å². The molecule has 28 heavy (non-hydrogen) atoms. The van der Waals surface area contributed by atoms with Gasteiger partial charge in [0.05, 0.1) is 17.8 Å². The highest BCUT2D eigenvalue weighted by Gasteiger charge is 2.23. The van der Waals surface area contributed by atoms with Crippen molar-refractivity contribution in [3.05, 3.63) is 71.8 Å². The minimum absolute atomic E-state index is 0.0383. The molecule has 144 valence electrons. The van der Waals surface area contributed by atoms with Crippen LogP contribution in [0.3, 0.4) is 0 Å². The molecular formula is C21H23N5OS. The highest BCUT2D eigenvalue weighted by Crippen LogP contribution is 2.31. The van der Waals surface area contributed by atoms with Gasteiger partial charge in [-0.25, -0.2) is 4.68 Å². The summed E-state index contributed by atoms with van der Waals surface area (Å²) in [6.45, 7) is 0. The summed E-state index contributed by atoms with van der Waals surface area (Å²) in [6, 6.07) is 20.2. The van der Waals surface area contributed by atoms with Crippen LogP contribution in [0.2, 0.25) is 0 Å². The molecule has 4 rings (SSSR count). The summed E-state index contributed by atoms with van der Waals surface area (Å²) < 4.78 is 1.89. The van der Waals surface area contributed by atoms with Crippen molar-refractivity contribution in [2.75, 3.05) is 5.75 Å². The number of hydrogen-bond donors (Lipinski definition) is 1. The predicted molar refractivity (Wildman–Crippen MR) is 109 cm³/mol. The summed E-state index contributed by atoms with van der Waals surface area (Å²) in [7, 11) is 0. The zero-order valence-corrected chi connectivity index (χ0v) is 16.4. The molecule has 1 saturated carbocycles. The summed E-state index contributed by atoms with van der Waals surface area (Å²) in [6.07, 6.45) is 4.64. The Bertz CT molecular complexity index is 854. The van der Waals surface area contributed by atoms with E-state index in [-0.39, 0.29) is 17.7 Å². The molecule has 1 heterocycles. The van der Waals surface area contributed by atoms with Gasteiger partial charge in [0, 0.05) is 0 Å². The summed E-state index contributed by atoms with van der Waals surface area (Å²) in [4.78, 5) is 12.7. The Morgan fingerprint density at radius 2 is 1.64 bits per heavy atom. The predicted octanol–water partition coefficient (Wildman–Crippen LogP) is 3.79. The molecule has 7 heteroatoms. The Balaban J connectivity index is 1.43. The molecule has 1 aliphatic rings. The van der Waals surface area contributed by atoms with Gasteiger partial charge >= 0.3 is 0 Å². The second-order valence-electron chi connectivity index (χ2n) is 6.95. The molecule has 0 radical (unpaired) electrons. The number of nitrogens with one attached hydrogen (secondary N) is 1. The smallest absolute Gasteiger partial charge is 0.231 e. The van der Waals surface area contributed by atoms with Crippen molar-refractivity contribution in [1.82, 2.24) is 25.5 Å². The van der Waals surface area contributed by atoms with E-state index >= 15 is 0 Å². The number of rotatable bonds is 7. The van der Waals surface area contributed by atoms with E-state index in [9.17, 15) is 4.79 Å². The minimum Gasteiger partial charge on any atom is -0.344 e. The van der Waals surface area contributed by atoms with E-state index in [1.165, 1.54) is 24.6 Å². The molecule has 0 saturated heterocycles. The molecule has 1 amide bonds. The fourth-order valence-corrected chi connectivity index (χ4v) is 4.40. The number of tetrazole rings is 1. The van der Waals surface area contributed by atoms with Crippen molar-refractivity contribution >= 4 is 17.7 Å². The number of amides is 1. The number of carbonyl (C=O) groups is 1. The van der Waals surface area contributed by atoms with Crippen LogP contribution < -0.4 is 5.32 Å². The van der Waals surface area contributed by atoms with E-state index in [0.29, 0.717) is 6.04 Å². The Hall–Kier alpha value is -2.67. The third-order valence-corrected chi connectivity index (χ3v) is 5.97. The fourth-order valence-electron chi connectivity index (χ4n) is 3.64. The van der Waals surface area contributed by atoms with Crippen molar-refractivity contribution in [3.63, 3.8) is 0 Å². The topological polar surface area (TPSA) is 72.7 Å². The molecule has 1 aliphatic carbocycles. The Morgan fingerprint density at radius 3 is 2.25 bits per heavy atom. The fraction of sp³-hybridized carbons (Fsp3) is 0.333. The zero-order valence-electron chi connectivity index (χ0n) is 15.6. The lowest BCUT2D eigenvalue weighted by Crippen LogP contribution is -2.30. The van der Waals surface area contributed by atoms with Crippen molar-refractivity contribution in [3.8, 4) is 0 Å². The average Bonchev–Trinajstić information content (AvgIpc) is 3.43. The summed E-state index contributed by atoms with van der Waals surface area (Å²) in [5.74, 6) is 0.243. The van der Waals surface area contributed by atoms with Gasteiger partial charge in [0.25, 0.3) is 0 Å². The molecule has 1 N–H and O–H groups in total. The molecule has 0 unspecified atom stereocenters. The van der Waals surface area contributed by atoms with Gasteiger partial charge in [0.2, 0.25) is 11.1 Å². The largest absolute Gasteiger partial charge is 0.344 e. The van der Waals surface area contributed by atoms with E-state index < -0.39 is 0 Å². The van der Waals surface area contributed by atoms with Crippen LogP contribution in [0.25, 0.3) is 0 Å². The van der Waals surface area contributed by atoms with E-state index in [1.54, 1.807) is 0 Å². The van der Waals surface area contributed by atoms with E-state index in [4.69, 9.17) is 0 Å². The molecule has 1 fully saturated rings. The highest BCUT2D eigenvalue weighted by molar-refractivity contribution is 7.99. The first kappa shape index (κ1) is 18.7. The number of carbonyl (C=O) groups excluding carboxylic acids is 1. The molecule has 0 atom stereocenters. The number of thioether (sulfide) groups is 1. The zero-order chi connectivity index (χ0) is 19.2. The second-order valence-corrected chi connectivity index (χ2v) is 7.90. The molecule has 0 bridgehead atoms. The lowest BCUT2D eigenvalue weighted by Gasteiger charge is -2.20. The maximum Gasteiger partial charge on any atom is 0.231 e. The Morgan fingerprint density at radius 1 is 1.04 bits per heavy atom. The van der Waals surface area contributed by atoms with Gasteiger partial charge in [-0.2, -0.15) is 0 Å². The van der Waals surface area contributed by atoms with Crippen LogP contribution >= 0.6 is 11.8 Å². The Kier molecular flexibility index (Phi) is 6.01. The molecule has 0 spiro atoms. The third-order valence-electron chi connectivity index (χ3n) is 5.04. The highest BCUT2D eigenvalue weighted by atomic mass is 32.2. The van der Waals surface area contributed by atoms with Crippen LogP contribution in [-0.4, -0.2) is 31.9 Å². The van der Waals surface area contributed by atoms with Gasteiger partial charge in [-0.15, -0.1) is 5.10 Å². The SMILES string of the molecule is O=C(CSc1nnnn1C1CCCC1)NC(c1ccccc1)c1ccccc1. The minimum atomic E-state index is -0.179. The van der Waals surface area contributed by atoms with Gasteiger partial charge in [0.1, 0.15) is 0 Å². The quantitative estimate of drug-likeness (QED) is 0.619. The first-order valence-electron chi connectivity index (χ1n) is 9.61. The van der Waals surface area contributed by atoms with Crippen LogP contribution in [0.15, 0.2) is 65.8 Å². The first-order valence-corrected chi connectivity index (χ1v) is 10.6. The average molecular weight is 394 g/mol. The molecule has 1 aromatic heterocycles. The van der Waals surface area contributed by atoms with Gasteiger partial charge in [-0.3, -0.25) is 4.79 Å². The van der Waals surface area contributed by atoms with Gasteiger partial charge in [0.15, 0.2) is 0 Å². The van der Waals surface area contributed by atoms with Crippen molar-refractivity contribution < 1.29 is 4.79 Å². The first-order chi connectivity index (χ1) is 13.8. The van der Waals surface area contributed by atoms with Crippen LogP contribution in [0.1, 0.15) is 48.9 Å². The number of hydrogen-bond acceptors (Lipinski definition) is 5. The Labute approximate surface area is 168 Å². The summed E-state index contributed by atoms with van der Waals surface area (Å²) in [5.41, 5.74) is 2.12. The maximum atomic E-state index is 12.7. The molecule has 0 aliphatic heterocycles. The van der Waals surface area contributed by atoms with Gasteiger partial charge in [-0.05, 0) is 34.4 Å². The lowest BCUT2D eigenvalue weighted by molar-refractivity contribution is -0.119. The number of aromatic nitrogens is 4. The number of benzene rings is 2. The maximum absolute atomic E-state index is 12.7. The molecule has 2 aromatic carbocycles. The monoisotopic (exact) mass is 393 g/mol. The lowest BCUT2D eigenvalue weighted by atomic mass is 9.99. The van der Waals surface area contributed by atoms with E-state index in [0.717, 1.165) is 29.1 Å². The number of nitrogens with zero attached hydrogens (tertiary/aromatic N) is 4. The van der Waals surface area contributed by atoms with Gasteiger partial charge < -0.3 is 5.32 Å². The molecule has 3 aromatic rings.